The Morgan fingerprint density at radius 2 is 1.77 bits per heavy atom. The summed E-state index contributed by atoms with van der Waals surface area (Å²) in [6.07, 6.45) is 8.27. The average Bonchev–Trinajstić information content (AvgIpc) is 2.49. The molecule has 0 atom stereocenters. The van der Waals surface area contributed by atoms with Crippen LogP contribution in [0.4, 0.5) is 0 Å². The van der Waals surface area contributed by atoms with Gasteiger partial charge in [-0.2, -0.15) is 5.26 Å². The molecule has 0 bridgehead atoms. The minimum atomic E-state index is 0.158. The maximum Gasteiger partial charge on any atom is 0.0627 e. The lowest BCUT2D eigenvalue weighted by Crippen LogP contribution is -2.46. The SMILES string of the molecule is C#Cc1ccc(CN2CCC(CC#N)(C(C)(C)C)CC2)cc1. The summed E-state index contributed by atoms with van der Waals surface area (Å²) in [5.41, 5.74) is 2.58. The minimum absolute atomic E-state index is 0.158. The molecule has 0 aliphatic carbocycles. The first-order chi connectivity index (χ1) is 10.4. The third-order valence-corrected chi connectivity index (χ3v) is 5.35. The molecule has 0 radical (unpaired) electrons. The molecule has 0 spiro atoms. The lowest BCUT2D eigenvalue weighted by atomic mass is 9.60. The van der Waals surface area contributed by atoms with Crippen molar-refractivity contribution < 1.29 is 0 Å². The van der Waals surface area contributed by atoms with Crippen molar-refractivity contribution in [3.8, 4) is 18.4 Å². The molecule has 1 aromatic carbocycles. The van der Waals surface area contributed by atoms with Gasteiger partial charge in [0.25, 0.3) is 0 Å². The van der Waals surface area contributed by atoms with Crippen molar-refractivity contribution in [3.05, 3.63) is 35.4 Å². The summed E-state index contributed by atoms with van der Waals surface area (Å²) in [5, 5.41) is 9.22. The van der Waals surface area contributed by atoms with E-state index in [0.29, 0.717) is 6.42 Å². The maximum absolute atomic E-state index is 9.22. The molecule has 1 aliphatic heterocycles. The highest BCUT2D eigenvalue weighted by molar-refractivity contribution is 5.34. The first kappa shape index (κ1) is 16.6. The molecule has 0 unspecified atom stereocenters. The zero-order valence-corrected chi connectivity index (χ0v) is 14.0. The van der Waals surface area contributed by atoms with E-state index in [0.717, 1.165) is 38.0 Å². The first-order valence-electron chi connectivity index (χ1n) is 8.05. The van der Waals surface area contributed by atoms with Crippen molar-refractivity contribution in [2.24, 2.45) is 10.8 Å². The van der Waals surface area contributed by atoms with E-state index in [-0.39, 0.29) is 10.8 Å². The quantitative estimate of drug-likeness (QED) is 0.781. The van der Waals surface area contributed by atoms with Gasteiger partial charge >= 0.3 is 0 Å². The number of nitriles is 1. The van der Waals surface area contributed by atoms with Crippen LogP contribution < -0.4 is 0 Å². The lowest BCUT2D eigenvalue weighted by Gasteiger charge is -2.49. The number of rotatable bonds is 3. The second-order valence-electron chi connectivity index (χ2n) is 7.48. The second kappa shape index (κ2) is 6.55. The molecular weight excluding hydrogens is 268 g/mol. The molecule has 0 aromatic heterocycles. The van der Waals surface area contributed by atoms with Gasteiger partial charge in [0, 0.05) is 18.5 Å². The Labute approximate surface area is 135 Å². The van der Waals surface area contributed by atoms with Gasteiger partial charge in [0.2, 0.25) is 0 Å². The van der Waals surface area contributed by atoms with Crippen LogP contribution in [-0.4, -0.2) is 18.0 Å². The van der Waals surface area contributed by atoms with Gasteiger partial charge < -0.3 is 0 Å². The number of piperidine rings is 1. The van der Waals surface area contributed by atoms with Crippen LogP contribution in [0, 0.1) is 34.5 Å². The van der Waals surface area contributed by atoms with Crippen LogP contribution >= 0.6 is 0 Å². The van der Waals surface area contributed by atoms with Crippen molar-refractivity contribution in [1.82, 2.24) is 4.90 Å². The summed E-state index contributed by atoms with van der Waals surface area (Å²) in [6, 6.07) is 10.7. The van der Waals surface area contributed by atoms with Gasteiger partial charge in [0.15, 0.2) is 0 Å². The largest absolute Gasteiger partial charge is 0.299 e. The number of nitrogens with zero attached hydrogens (tertiary/aromatic N) is 2. The van der Waals surface area contributed by atoms with Crippen molar-refractivity contribution in [3.63, 3.8) is 0 Å². The molecule has 0 amide bonds. The highest BCUT2D eigenvalue weighted by Gasteiger charge is 2.43. The first-order valence-corrected chi connectivity index (χ1v) is 8.05. The Kier molecular flexibility index (Phi) is 4.94. The van der Waals surface area contributed by atoms with Crippen LogP contribution in [0.5, 0.6) is 0 Å². The van der Waals surface area contributed by atoms with E-state index in [1.165, 1.54) is 5.56 Å². The minimum Gasteiger partial charge on any atom is -0.299 e. The van der Waals surface area contributed by atoms with Gasteiger partial charge in [0.1, 0.15) is 0 Å². The van der Waals surface area contributed by atoms with Gasteiger partial charge in [-0.3, -0.25) is 4.90 Å². The van der Waals surface area contributed by atoms with Crippen LogP contribution in [0.25, 0.3) is 0 Å². The fraction of sp³-hybridized carbons (Fsp3) is 0.550. The van der Waals surface area contributed by atoms with E-state index >= 15 is 0 Å². The number of hydrogen-bond acceptors (Lipinski definition) is 2. The molecule has 116 valence electrons. The van der Waals surface area contributed by atoms with Crippen molar-refractivity contribution in [2.45, 2.75) is 46.6 Å². The molecule has 1 fully saturated rings. The van der Waals surface area contributed by atoms with E-state index in [1.54, 1.807) is 0 Å². The van der Waals surface area contributed by atoms with Gasteiger partial charge in [0.05, 0.1) is 6.07 Å². The third kappa shape index (κ3) is 3.52. The topological polar surface area (TPSA) is 27.0 Å². The normalized spacial score (nSPS) is 18.4. The molecule has 0 N–H and O–H groups in total. The molecule has 0 saturated carbocycles. The Morgan fingerprint density at radius 1 is 1.18 bits per heavy atom. The van der Waals surface area contributed by atoms with Gasteiger partial charge in [-0.15, -0.1) is 6.42 Å². The maximum atomic E-state index is 9.22. The van der Waals surface area contributed by atoms with Crippen LogP contribution in [0.1, 0.15) is 51.2 Å². The van der Waals surface area contributed by atoms with E-state index in [1.807, 2.05) is 12.1 Å². The summed E-state index contributed by atoms with van der Waals surface area (Å²) in [7, 11) is 0. The lowest BCUT2D eigenvalue weighted by molar-refractivity contribution is 0.00711. The average molecular weight is 294 g/mol. The number of hydrogen-bond donors (Lipinski definition) is 0. The molecule has 1 aliphatic rings. The molecule has 1 saturated heterocycles. The second-order valence-corrected chi connectivity index (χ2v) is 7.48. The van der Waals surface area contributed by atoms with E-state index < -0.39 is 0 Å². The van der Waals surface area contributed by atoms with Crippen LogP contribution in [-0.2, 0) is 6.54 Å². The molecular formula is C20H26N2. The summed E-state index contributed by atoms with van der Waals surface area (Å²) in [5.74, 6) is 2.66. The van der Waals surface area contributed by atoms with Crippen LogP contribution in [0.15, 0.2) is 24.3 Å². The summed E-state index contributed by atoms with van der Waals surface area (Å²) >= 11 is 0. The fourth-order valence-corrected chi connectivity index (χ4v) is 3.45. The molecule has 1 aromatic rings. The summed E-state index contributed by atoms with van der Waals surface area (Å²) in [4.78, 5) is 2.49. The van der Waals surface area contributed by atoms with Crippen molar-refractivity contribution >= 4 is 0 Å². The monoisotopic (exact) mass is 294 g/mol. The van der Waals surface area contributed by atoms with E-state index in [4.69, 9.17) is 6.42 Å². The zero-order valence-electron chi connectivity index (χ0n) is 14.0. The molecule has 2 heteroatoms. The third-order valence-electron chi connectivity index (χ3n) is 5.35. The van der Waals surface area contributed by atoms with Gasteiger partial charge in [-0.05, 0) is 54.5 Å². The van der Waals surface area contributed by atoms with Crippen molar-refractivity contribution in [2.75, 3.05) is 13.1 Å². The molecule has 2 rings (SSSR count). The smallest absolute Gasteiger partial charge is 0.0627 e. The Bertz CT molecular complexity index is 570. The van der Waals surface area contributed by atoms with Crippen LogP contribution in [0.2, 0.25) is 0 Å². The standard InChI is InChI=1S/C20H26N2/c1-5-17-6-8-18(9-7-17)16-22-14-11-20(10-13-21,12-15-22)19(2,3)4/h1,6-9H,10-12,14-16H2,2-4H3. The highest BCUT2D eigenvalue weighted by atomic mass is 15.1. The Hall–Kier alpha value is -1.77. The number of likely N-dealkylation sites (tertiary alicyclic amines) is 1. The highest BCUT2D eigenvalue weighted by Crippen LogP contribution is 2.49. The van der Waals surface area contributed by atoms with Crippen LogP contribution in [0.3, 0.4) is 0 Å². The Morgan fingerprint density at radius 3 is 2.23 bits per heavy atom. The van der Waals surface area contributed by atoms with Gasteiger partial charge in [-0.25, -0.2) is 0 Å². The number of terminal acetylenes is 1. The van der Waals surface area contributed by atoms with E-state index in [2.05, 4.69) is 49.8 Å². The summed E-state index contributed by atoms with van der Waals surface area (Å²) in [6.45, 7) is 9.93. The predicted molar refractivity (Wildman–Crippen MR) is 91.0 cm³/mol. The van der Waals surface area contributed by atoms with E-state index in [9.17, 15) is 5.26 Å². The van der Waals surface area contributed by atoms with Crippen molar-refractivity contribution in [1.29, 1.82) is 5.26 Å². The van der Waals surface area contributed by atoms with Gasteiger partial charge in [-0.1, -0.05) is 38.8 Å². The zero-order chi connectivity index (χ0) is 16.2. The fourth-order valence-electron chi connectivity index (χ4n) is 3.45. The summed E-state index contributed by atoms with van der Waals surface area (Å²) < 4.78 is 0. The molecule has 1 heterocycles. The Balaban J connectivity index is 1.99. The predicted octanol–water partition coefficient (Wildman–Crippen LogP) is 4.21. The number of benzene rings is 1. The molecule has 2 nitrogen and oxygen atoms in total. The molecule has 22 heavy (non-hydrogen) atoms.